The summed E-state index contributed by atoms with van der Waals surface area (Å²) in [4.78, 5) is 3.02. The lowest BCUT2D eigenvalue weighted by Crippen LogP contribution is -2.18. The molecule has 0 bridgehead atoms. The number of benzene rings is 1. The summed E-state index contributed by atoms with van der Waals surface area (Å²) >= 11 is 1.65. The molecule has 0 amide bonds. The lowest BCUT2D eigenvalue weighted by molar-refractivity contribution is 0.623. The topological polar surface area (TPSA) is 29.3 Å². The Bertz CT molecular complexity index is 448. The maximum absolute atomic E-state index is 13.6. The Morgan fingerprint density at radius 2 is 2.12 bits per heavy atom. The van der Waals surface area contributed by atoms with Crippen molar-refractivity contribution in [3.05, 3.63) is 46.4 Å². The Morgan fingerprint density at radius 1 is 1.31 bits per heavy atom. The number of para-hydroxylation sites is 1. The van der Waals surface area contributed by atoms with Crippen LogP contribution in [0.2, 0.25) is 0 Å². The highest BCUT2D eigenvalue weighted by molar-refractivity contribution is 7.09. The average molecular weight is 236 g/mol. The van der Waals surface area contributed by atoms with Crippen molar-refractivity contribution in [3.63, 3.8) is 0 Å². The summed E-state index contributed by atoms with van der Waals surface area (Å²) in [6.45, 7) is 0.669. The fourth-order valence-electron chi connectivity index (χ4n) is 1.65. The third-order valence-corrected chi connectivity index (χ3v) is 3.23. The van der Waals surface area contributed by atoms with Gasteiger partial charge in [0.25, 0.3) is 0 Å². The monoisotopic (exact) mass is 236 g/mol. The summed E-state index contributed by atoms with van der Waals surface area (Å²) < 4.78 is 13.6. The molecule has 2 N–H and O–H groups in total. The highest BCUT2D eigenvalue weighted by Crippen LogP contribution is 2.27. The summed E-state index contributed by atoms with van der Waals surface area (Å²) in [5.41, 5.74) is 6.71. The van der Waals surface area contributed by atoms with E-state index in [2.05, 4.69) is 0 Å². The molecule has 2 rings (SSSR count). The van der Waals surface area contributed by atoms with Crippen LogP contribution >= 0.6 is 11.3 Å². The zero-order chi connectivity index (χ0) is 11.5. The van der Waals surface area contributed by atoms with Crippen molar-refractivity contribution in [1.82, 2.24) is 0 Å². The second-order valence-electron chi connectivity index (χ2n) is 3.61. The zero-order valence-corrected chi connectivity index (χ0v) is 9.80. The van der Waals surface area contributed by atoms with E-state index in [-0.39, 0.29) is 5.82 Å². The van der Waals surface area contributed by atoms with Crippen molar-refractivity contribution >= 4 is 22.7 Å². The van der Waals surface area contributed by atoms with E-state index < -0.39 is 0 Å². The van der Waals surface area contributed by atoms with Gasteiger partial charge in [-0.15, -0.1) is 11.3 Å². The Balaban J connectivity index is 2.24. The Hall–Kier alpha value is -1.55. The maximum atomic E-state index is 13.6. The van der Waals surface area contributed by atoms with Crippen molar-refractivity contribution < 1.29 is 4.39 Å². The Kier molecular flexibility index (Phi) is 3.10. The standard InChI is InChI=1S/C12H13FN2S/c1-15(8-9-4-3-7-16-9)12-10(13)5-2-6-11(12)14/h2-7H,8,14H2,1H3. The van der Waals surface area contributed by atoms with Crippen LogP contribution in [0.25, 0.3) is 0 Å². The Morgan fingerprint density at radius 3 is 2.75 bits per heavy atom. The predicted octanol–water partition coefficient (Wildman–Crippen LogP) is 3.11. The molecular formula is C12H13FN2S. The number of nitrogens with two attached hydrogens (primary N) is 1. The first-order valence-electron chi connectivity index (χ1n) is 4.96. The smallest absolute Gasteiger partial charge is 0.148 e. The molecule has 0 aliphatic carbocycles. The largest absolute Gasteiger partial charge is 0.397 e. The second kappa shape index (κ2) is 4.53. The van der Waals surface area contributed by atoms with Gasteiger partial charge >= 0.3 is 0 Å². The normalized spacial score (nSPS) is 10.4. The number of rotatable bonds is 3. The number of hydrogen-bond donors (Lipinski definition) is 1. The molecule has 0 spiro atoms. The van der Waals surface area contributed by atoms with Gasteiger partial charge in [0.1, 0.15) is 5.82 Å². The van der Waals surface area contributed by atoms with Crippen LogP contribution in [0.3, 0.4) is 0 Å². The van der Waals surface area contributed by atoms with Gasteiger partial charge in [-0.25, -0.2) is 4.39 Å². The minimum absolute atomic E-state index is 0.279. The van der Waals surface area contributed by atoms with Crippen LogP contribution in [0.15, 0.2) is 35.7 Å². The van der Waals surface area contributed by atoms with Gasteiger partial charge in [0.05, 0.1) is 17.9 Å². The van der Waals surface area contributed by atoms with Crippen molar-refractivity contribution in [2.75, 3.05) is 17.7 Å². The fraction of sp³-hybridized carbons (Fsp3) is 0.167. The van der Waals surface area contributed by atoms with Crippen molar-refractivity contribution in [3.8, 4) is 0 Å². The van der Waals surface area contributed by atoms with Crippen molar-refractivity contribution in [1.29, 1.82) is 0 Å². The van der Waals surface area contributed by atoms with E-state index >= 15 is 0 Å². The maximum Gasteiger partial charge on any atom is 0.148 e. The van der Waals surface area contributed by atoms with Gasteiger partial charge in [-0.1, -0.05) is 12.1 Å². The molecule has 16 heavy (non-hydrogen) atoms. The second-order valence-corrected chi connectivity index (χ2v) is 4.65. The molecule has 0 aliphatic heterocycles. The molecule has 84 valence electrons. The molecular weight excluding hydrogens is 223 g/mol. The van der Waals surface area contributed by atoms with E-state index in [4.69, 9.17) is 5.73 Å². The van der Waals surface area contributed by atoms with Gasteiger partial charge in [0.2, 0.25) is 0 Å². The molecule has 1 aromatic heterocycles. The lowest BCUT2D eigenvalue weighted by Gasteiger charge is -2.20. The van der Waals surface area contributed by atoms with E-state index in [0.29, 0.717) is 17.9 Å². The summed E-state index contributed by atoms with van der Waals surface area (Å²) in [5.74, 6) is -0.279. The quantitative estimate of drug-likeness (QED) is 0.830. The molecule has 1 heterocycles. The number of anilines is 2. The molecule has 4 heteroatoms. The van der Waals surface area contributed by atoms with Gasteiger partial charge in [-0.05, 0) is 23.6 Å². The van der Waals surface area contributed by atoms with E-state index in [1.807, 2.05) is 29.5 Å². The molecule has 0 unspecified atom stereocenters. The molecule has 0 aliphatic rings. The van der Waals surface area contributed by atoms with Crippen LogP contribution < -0.4 is 10.6 Å². The minimum atomic E-state index is -0.279. The molecule has 2 nitrogen and oxygen atoms in total. The number of nitrogens with zero attached hydrogens (tertiary/aromatic N) is 1. The van der Waals surface area contributed by atoms with Crippen LogP contribution in [0.4, 0.5) is 15.8 Å². The first-order valence-corrected chi connectivity index (χ1v) is 5.84. The summed E-state index contributed by atoms with van der Waals surface area (Å²) in [6.07, 6.45) is 0. The van der Waals surface area contributed by atoms with Crippen molar-refractivity contribution in [2.24, 2.45) is 0 Å². The van der Waals surface area contributed by atoms with Gasteiger partial charge in [-0.3, -0.25) is 0 Å². The van der Waals surface area contributed by atoms with Gasteiger partial charge < -0.3 is 10.6 Å². The number of halogens is 1. The number of hydrogen-bond acceptors (Lipinski definition) is 3. The molecule has 0 fully saturated rings. The first-order chi connectivity index (χ1) is 7.68. The molecule has 0 saturated heterocycles. The van der Waals surface area contributed by atoms with E-state index in [0.717, 1.165) is 0 Å². The molecule has 2 aromatic rings. The molecule has 0 saturated carbocycles. The zero-order valence-electron chi connectivity index (χ0n) is 8.98. The van der Waals surface area contributed by atoms with Gasteiger partial charge in [0, 0.05) is 11.9 Å². The van der Waals surface area contributed by atoms with E-state index in [9.17, 15) is 4.39 Å². The minimum Gasteiger partial charge on any atom is -0.397 e. The predicted molar refractivity (Wildman–Crippen MR) is 67.2 cm³/mol. The van der Waals surface area contributed by atoms with Crippen LogP contribution in [0.5, 0.6) is 0 Å². The highest BCUT2D eigenvalue weighted by atomic mass is 32.1. The van der Waals surface area contributed by atoms with Crippen molar-refractivity contribution in [2.45, 2.75) is 6.54 Å². The van der Waals surface area contributed by atoms with Crippen LogP contribution in [0, 0.1) is 5.82 Å². The number of thiophene rings is 1. The third kappa shape index (κ3) is 2.17. The third-order valence-electron chi connectivity index (χ3n) is 2.37. The SMILES string of the molecule is CN(Cc1cccs1)c1c(N)cccc1F. The summed E-state index contributed by atoms with van der Waals surface area (Å²) in [5, 5.41) is 2.01. The average Bonchev–Trinajstić information content (AvgIpc) is 2.70. The van der Waals surface area contributed by atoms with Gasteiger partial charge in [0.15, 0.2) is 0 Å². The molecule has 0 radical (unpaired) electrons. The summed E-state index contributed by atoms with van der Waals surface area (Å²) in [6, 6.07) is 8.77. The van der Waals surface area contributed by atoms with Gasteiger partial charge in [-0.2, -0.15) is 0 Å². The van der Waals surface area contributed by atoms with Crippen LogP contribution in [0.1, 0.15) is 4.88 Å². The van der Waals surface area contributed by atoms with E-state index in [1.54, 1.807) is 23.5 Å². The summed E-state index contributed by atoms with van der Waals surface area (Å²) in [7, 11) is 1.84. The van der Waals surface area contributed by atoms with E-state index in [1.165, 1.54) is 10.9 Å². The fourth-order valence-corrected chi connectivity index (χ4v) is 2.41. The Labute approximate surface area is 98.1 Å². The van der Waals surface area contributed by atoms with Crippen LogP contribution in [-0.2, 0) is 6.54 Å². The molecule has 1 aromatic carbocycles. The highest BCUT2D eigenvalue weighted by Gasteiger charge is 2.11. The first kappa shape index (κ1) is 11.0. The molecule has 0 atom stereocenters. The number of nitrogen functional groups attached to an aromatic ring is 1. The van der Waals surface area contributed by atoms with Crippen LogP contribution in [-0.4, -0.2) is 7.05 Å². The lowest BCUT2D eigenvalue weighted by atomic mass is 10.2.